The topological polar surface area (TPSA) is 67.6 Å². The van der Waals surface area contributed by atoms with E-state index in [4.69, 9.17) is 16.3 Å². The van der Waals surface area contributed by atoms with Crippen LogP contribution in [-0.2, 0) is 0 Å². The molecule has 0 saturated heterocycles. The summed E-state index contributed by atoms with van der Waals surface area (Å²) in [6, 6.07) is -0.171. The van der Waals surface area contributed by atoms with E-state index in [2.05, 4.69) is 20.4 Å². The first-order chi connectivity index (χ1) is 15.9. The summed E-state index contributed by atoms with van der Waals surface area (Å²) in [5.74, 6) is -3.67. The van der Waals surface area contributed by atoms with Gasteiger partial charge in [0.1, 0.15) is 40.7 Å². The first-order valence-electron chi connectivity index (χ1n) is 10.4. The van der Waals surface area contributed by atoms with Gasteiger partial charge in [-0.15, -0.1) is 0 Å². The summed E-state index contributed by atoms with van der Waals surface area (Å²) in [4.78, 5) is 9.69. The van der Waals surface area contributed by atoms with E-state index in [1.54, 1.807) is 0 Å². The molecule has 0 aliphatic heterocycles. The van der Waals surface area contributed by atoms with E-state index in [0.29, 0.717) is 13.0 Å². The molecule has 2 aromatic heterocycles. The lowest BCUT2D eigenvalue weighted by Crippen LogP contribution is -2.41. The van der Waals surface area contributed by atoms with Crippen LogP contribution < -0.4 is 10.1 Å². The minimum absolute atomic E-state index is 0.0618. The van der Waals surface area contributed by atoms with Crippen LogP contribution >= 0.6 is 11.6 Å². The van der Waals surface area contributed by atoms with Gasteiger partial charge >= 0.3 is 6.18 Å². The number of alkyl halides is 3. The highest BCUT2D eigenvalue weighted by Crippen LogP contribution is 2.40. The highest BCUT2D eigenvalue weighted by molar-refractivity contribution is 6.33. The average Bonchev–Trinajstić information content (AvgIpc) is 3.16. The molecule has 3 rings (SSSR count). The summed E-state index contributed by atoms with van der Waals surface area (Å²) in [6.45, 7) is 3.65. The summed E-state index contributed by atoms with van der Waals surface area (Å²) >= 11 is 6.21. The smallest absolute Gasteiger partial charge is 0.408 e. The number of hydrogen-bond acceptors (Lipinski definition) is 6. The second kappa shape index (κ2) is 10.3. The van der Waals surface area contributed by atoms with Gasteiger partial charge in [0.25, 0.3) is 5.78 Å². The zero-order valence-corrected chi connectivity index (χ0v) is 19.7. The lowest BCUT2D eigenvalue weighted by molar-refractivity contribution is -0.150. The second-order valence-electron chi connectivity index (χ2n) is 8.27. The molecular weight excluding hydrogens is 483 g/mol. The maximum atomic E-state index is 15.1. The van der Waals surface area contributed by atoms with Crippen LogP contribution in [0.5, 0.6) is 5.75 Å². The maximum Gasteiger partial charge on any atom is 0.408 e. The van der Waals surface area contributed by atoms with Gasteiger partial charge in [-0.25, -0.2) is 8.78 Å². The fraction of sp³-hybridized carbons (Fsp3) is 0.476. The number of fused-ring (bicyclic) bond motifs is 1. The molecule has 1 atom stereocenters. The summed E-state index contributed by atoms with van der Waals surface area (Å²) in [5, 5.41) is 5.74. The van der Waals surface area contributed by atoms with Crippen molar-refractivity contribution in [3.63, 3.8) is 0 Å². The van der Waals surface area contributed by atoms with Crippen LogP contribution in [0, 0.1) is 17.6 Å². The van der Waals surface area contributed by atoms with Gasteiger partial charge in [0, 0.05) is 18.7 Å². The minimum atomic E-state index is -4.67. The van der Waals surface area contributed by atoms with Crippen molar-refractivity contribution in [1.29, 1.82) is 0 Å². The number of ether oxygens (including phenoxy) is 1. The molecule has 2 heterocycles. The number of halogens is 6. The molecule has 1 aromatic carbocycles. The average molecular weight is 507 g/mol. The quantitative estimate of drug-likeness (QED) is 0.249. The molecule has 0 aliphatic carbocycles. The number of rotatable bonds is 9. The number of anilines is 1. The Balaban J connectivity index is 2.09. The third-order valence-corrected chi connectivity index (χ3v) is 5.25. The van der Waals surface area contributed by atoms with Crippen molar-refractivity contribution in [2.75, 3.05) is 32.6 Å². The molecule has 7 nitrogen and oxygen atoms in total. The number of hydrogen-bond donors (Lipinski definition) is 1. The zero-order chi connectivity index (χ0) is 25.2. The molecule has 0 bridgehead atoms. The molecule has 0 spiro atoms. The standard InChI is InChI=1S/C21H24ClF5N6O/c1-11(2)17(21(25,26)27)30-19-16(18(22)31-20-28-10-29-33(19)20)15-13(23)8-12(9-14(15)24)34-7-5-6-32(3)4/h8-11,17,30H,5-7H2,1-4H3/t17-/m0/s1. The molecule has 0 aliphatic rings. The molecule has 0 unspecified atom stereocenters. The van der Waals surface area contributed by atoms with Gasteiger partial charge in [-0.3, -0.25) is 0 Å². The second-order valence-corrected chi connectivity index (χ2v) is 8.63. The van der Waals surface area contributed by atoms with Crippen molar-refractivity contribution in [3.8, 4) is 16.9 Å². The van der Waals surface area contributed by atoms with Crippen molar-refractivity contribution in [2.24, 2.45) is 5.92 Å². The molecule has 34 heavy (non-hydrogen) atoms. The van der Waals surface area contributed by atoms with Gasteiger partial charge < -0.3 is 15.0 Å². The number of benzene rings is 1. The first kappa shape index (κ1) is 25.9. The van der Waals surface area contributed by atoms with Crippen molar-refractivity contribution in [3.05, 3.63) is 35.2 Å². The molecule has 1 N–H and O–H groups in total. The molecule has 0 amide bonds. The van der Waals surface area contributed by atoms with Crippen LogP contribution in [0.2, 0.25) is 5.15 Å². The Morgan fingerprint density at radius 1 is 1.15 bits per heavy atom. The van der Waals surface area contributed by atoms with E-state index in [0.717, 1.165) is 23.0 Å². The number of aromatic nitrogens is 4. The van der Waals surface area contributed by atoms with Crippen molar-refractivity contribution >= 4 is 23.2 Å². The van der Waals surface area contributed by atoms with Crippen molar-refractivity contribution in [1.82, 2.24) is 24.5 Å². The highest BCUT2D eigenvalue weighted by Gasteiger charge is 2.43. The van der Waals surface area contributed by atoms with E-state index >= 15 is 8.78 Å². The number of nitrogens with zero attached hydrogens (tertiary/aromatic N) is 5. The van der Waals surface area contributed by atoms with E-state index in [-0.39, 0.29) is 24.0 Å². The van der Waals surface area contributed by atoms with Crippen molar-refractivity contribution in [2.45, 2.75) is 32.5 Å². The van der Waals surface area contributed by atoms with E-state index in [9.17, 15) is 13.2 Å². The molecule has 0 fully saturated rings. The van der Waals surface area contributed by atoms with Gasteiger partial charge in [-0.2, -0.15) is 32.8 Å². The predicted octanol–water partition coefficient (Wildman–Crippen LogP) is 5.05. The van der Waals surface area contributed by atoms with E-state index in [1.165, 1.54) is 13.8 Å². The van der Waals surface area contributed by atoms with E-state index in [1.807, 2.05) is 19.0 Å². The van der Waals surface area contributed by atoms with Crippen molar-refractivity contribution < 1.29 is 26.7 Å². The monoisotopic (exact) mass is 506 g/mol. The van der Waals surface area contributed by atoms with Gasteiger partial charge in [0.2, 0.25) is 0 Å². The zero-order valence-electron chi connectivity index (χ0n) is 18.9. The maximum absolute atomic E-state index is 15.1. The van der Waals surface area contributed by atoms with Gasteiger partial charge in [-0.05, 0) is 26.4 Å². The third kappa shape index (κ3) is 5.66. The molecule has 13 heteroatoms. The normalized spacial score (nSPS) is 13.2. The van der Waals surface area contributed by atoms with Gasteiger partial charge in [0.05, 0.1) is 17.7 Å². The largest absolute Gasteiger partial charge is 0.493 e. The Bertz CT molecular complexity index is 1130. The summed E-state index contributed by atoms with van der Waals surface area (Å²) in [5.41, 5.74) is -1.08. The SMILES string of the molecule is CC(C)[C@H](Nc1c(-c2c(F)cc(OCCCN(C)C)cc2F)c(Cl)nc2ncnn12)C(F)(F)F. The summed E-state index contributed by atoms with van der Waals surface area (Å²) in [7, 11) is 3.76. The summed E-state index contributed by atoms with van der Waals surface area (Å²) in [6.07, 6.45) is -3.00. The van der Waals surface area contributed by atoms with Crippen LogP contribution in [0.4, 0.5) is 27.8 Å². The Hall–Kier alpha value is -2.73. The Morgan fingerprint density at radius 3 is 2.35 bits per heavy atom. The van der Waals surface area contributed by atoms with Crippen LogP contribution in [0.15, 0.2) is 18.5 Å². The Morgan fingerprint density at radius 2 is 1.79 bits per heavy atom. The minimum Gasteiger partial charge on any atom is -0.493 e. The first-order valence-corrected chi connectivity index (χ1v) is 10.8. The summed E-state index contributed by atoms with van der Waals surface area (Å²) < 4.78 is 77.7. The van der Waals surface area contributed by atoms with E-state index < -0.39 is 46.1 Å². The molecular formula is C21H24ClF5N6O. The van der Waals surface area contributed by atoms with Gasteiger partial charge in [-0.1, -0.05) is 25.4 Å². The lowest BCUT2D eigenvalue weighted by Gasteiger charge is -2.27. The lowest BCUT2D eigenvalue weighted by atomic mass is 10.0. The third-order valence-electron chi connectivity index (χ3n) is 4.98. The molecule has 3 aromatic rings. The van der Waals surface area contributed by atoms with Crippen LogP contribution in [0.1, 0.15) is 20.3 Å². The molecule has 0 radical (unpaired) electrons. The Labute approximate surface area is 197 Å². The van der Waals surface area contributed by atoms with Crippen LogP contribution in [-0.4, -0.2) is 63.9 Å². The predicted molar refractivity (Wildman–Crippen MR) is 118 cm³/mol. The molecule has 186 valence electrons. The Kier molecular flexibility index (Phi) is 7.81. The van der Waals surface area contributed by atoms with Crippen LogP contribution in [0.3, 0.4) is 0 Å². The molecule has 0 saturated carbocycles. The fourth-order valence-corrected chi connectivity index (χ4v) is 3.65. The number of nitrogens with one attached hydrogen (secondary N) is 1. The highest BCUT2D eigenvalue weighted by atomic mass is 35.5. The van der Waals surface area contributed by atoms with Crippen LogP contribution in [0.25, 0.3) is 16.9 Å². The van der Waals surface area contributed by atoms with Gasteiger partial charge in [0.15, 0.2) is 0 Å². The fourth-order valence-electron chi connectivity index (χ4n) is 3.39.